The lowest BCUT2D eigenvalue weighted by molar-refractivity contribution is 0.518. The Morgan fingerprint density at radius 3 is 2.75 bits per heavy atom. The van der Waals surface area contributed by atoms with Gasteiger partial charge in [-0.1, -0.05) is 6.92 Å². The molecule has 0 saturated carbocycles. The molecule has 0 aliphatic carbocycles. The van der Waals surface area contributed by atoms with Crippen molar-refractivity contribution in [2.24, 2.45) is 0 Å². The predicted octanol–water partition coefficient (Wildman–Crippen LogP) is 2.44. The molecule has 2 N–H and O–H groups in total. The Labute approximate surface area is 118 Å². The molecule has 0 bridgehead atoms. The number of rotatable bonds is 7. The van der Waals surface area contributed by atoms with Crippen LogP contribution in [0.3, 0.4) is 0 Å². The van der Waals surface area contributed by atoms with Crippen molar-refractivity contribution in [1.82, 2.24) is 4.98 Å². The maximum Gasteiger partial charge on any atom is 0.232 e. The van der Waals surface area contributed by atoms with E-state index in [2.05, 4.69) is 15.0 Å². The number of nitrogens with zero attached hydrogens (tertiary/aromatic N) is 1. The number of hydrogen-bond acceptors (Lipinski definition) is 5. The largest absolute Gasteiger partial charge is 0.467 e. The van der Waals surface area contributed by atoms with Crippen LogP contribution in [0.1, 0.15) is 19.1 Å². The second kappa shape index (κ2) is 6.42. The van der Waals surface area contributed by atoms with Crippen molar-refractivity contribution < 1.29 is 12.8 Å². The normalized spacial score (nSPS) is 11.2. The molecule has 0 aromatic carbocycles. The van der Waals surface area contributed by atoms with E-state index in [1.165, 1.54) is 6.20 Å². The summed E-state index contributed by atoms with van der Waals surface area (Å²) >= 11 is 0. The summed E-state index contributed by atoms with van der Waals surface area (Å²) in [5.41, 5.74) is 0.460. The van der Waals surface area contributed by atoms with Gasteiger partial charge in [0.15, 0.2) is 0 Å². The van der Waals surface area contributed by atoms with Crippen molar-refractivity contribution in [3.63, 3.8) is 0 Å². The molecule has 6 nitrogen and oxygen atoms in total. The van der Waals surface area contributed by atoms with Crippen molar-refractivity contribution in [1.29, 1.82) is 0 Å². The third-order valence-electron chi connectivity index (χ3n) is 2.53. The van der Waals surface area contributed by atoms with Crippen molar-refractivity contribution in [2.75, 3.05) is 15.8 Å². The van der Waals surface area contributed by atoms with Crippen LogP contribution in [-0.2, 0) is 16.6 Å². The first-order chi connectivity index (χ1) is 9.59. The Morgan fingerprint density at radius 1 is 1.30 bits per heavy atom. The Bertz CT molecular complexity index is 621. The maximum atomic E-state index is 11.6. The van der Waals surface area contributed by atoms with E-state index in [4.69, 9.17) is 4.42 Å². The summed E-state index contributed by atoms with van der Waals surface area (Å²) in [6.07, 6.45) is 3.67. The standard InChI is InChI=1S/C13H17N3O3S/c1-2-8-20(17,18)16-11-5-6-13(14-9-11)15-10-12-4-3-7-19-12/h3-7,9,16H,2,8,10H2,1H3,(H,14,15). The molecule has 0 aliphatic rings. The van der Waals surface area contributed by atoms with Crippen molar-refractivity contribution in [3.8, 4) is 0 Å². The average Bonchev–Trinajstić information content (AvgIpc) is 2.90. The van der Waals surface area contributed by atoms with E-state index in [1.54, 1.807) is 18.4 Å². The smallest absolute Gasteiger partial charge is 0.232 e. The van der Waals surface area contributed by atoms with Crippen molar-refractivity contribution in [2.45, 2.75) is 19.9 Å². The van der Waals surface area contributed by atoms with Crippen LogP contribution in [0.4, 0.5) is 11.5 Å². The second-order valence-corrected chi connectivity index (χ2v) is 6.13. The topological polar surface area (TPSA) is 84.2 Å². The molecule has 2 heterocycles. The summed E-state index contributed by atoms with van der Waals surface area (Å²) in [7, 11) is -3.27. The fourth-order valence-corrected chi connectivity index (χ4v) is 2.77. The van der Waals surface area contributed by atoms with Gasteiger partial charge in [-0.2, -0.15) is 0 Å². The van der Waals surface area contributed by atoms with Crippen LogP contribution >= 0.6 is 0 Å². The van der Waals surface area contributed by atoms with Gasteiger partial charge in [-0.3, -0.25) is 4.72 Å². The second-order valence-electron chi connectivity index (χ2n) is 4.29. The van der Waals surface area contributed by atoms with Gasteiger partial charge in [0, 0.05) is 0 Å². The summed E-state index contributed by atoms with van der Waals surface area (Å²) in [5, 5.41) is 3.08. The van der Waals surface area contributed by atoms with Crippen LogP contribution in [0, 0.1) is 0 Å². The molecule has 7 heteroatoms. The highest BCUT2D eigenvalue weighted by molar-refractivity contribution is 7.92. The molecule has 2 aromatic heterocycles. The SMILES string of the molecule is CCCS(=O)(=O)Nc1ccc(NCc2ccco2)nc1. The minimum Gasteiger partial charge on any atom is -0.467 e. The highest BCUT2D eigenvalue weighted by atomic mass is 32.2. The van der Waals surface area contributed by atoms with Gasteiger partial charge in [-0.15, -0.1) is 0 Å². The molecule has 2 rings (SSSR count). The Hall–Kier alpha value is -2.02. The van der Waals surface area contributed by atoms with E-state index in [0.717, 1.165) is 5.76 Å². The van der Waals surface area contributed by atoms with E-state index in [9.17, 15) is 8.42 Å². The quantitative estimate of drug-likeness (QED) is 0.819. The van der Waals surface area contributed by atoms with Crippen LogP contribution in [0.2, 0.25) is 0 Å². The molecule has 0 aliphatic heterocycles. The zero-order valence-corrected chi connectivity index (χ0v) is 12.0. The van der Waals surface area contributed by atoms with Crippen LogP contribution in [-0.4, -0.2) is 19.2 Å². The van der Waals surface area contributed by atoms with Crippen LogP contribution in [0.5, 0.6) is 0 Å². The third-order valence-corrected chi connectivity index (χ3v) is 4.03. The Morgan fingerprint density at radius 2 is 2.15 bits per heavy atom. The maximum absolute atomic E-state index is 11.6. The van der Waals surface area contributed by atoms with E-state index in [0.29, 0.717) is 24.5 Å². The number of pyridine rings is 1. The number of hydrogen-bond donors (Lipinski definition) is 2. The first-order valence-electron chi connectivity index (χ1n) is 6.32. The summed E-state index contributed by atoms with van der Waals surface area (Å²) in [6.45, 7) is 2.35. The van der Waals surface area contributed by atoms with E-state index in [-0.39, 0.29) is 5.75 Å². The van der Waals surface area contributed by atoms with E-state index in [1.807, 2.05) is 19.1 Å². The highest BCUT2D eigenvalue weighted by Gasteiger charge is 2.08. The fraction of sp³-hybridized carbons (Fsp3) is 0.308. The zero-order chi connectivity index (χ0) is 14.4. The third kappa shape index (κ3) is 4.27. The fourth-order valence-electron chi connectivity index (χ4n) is 1.65. The highest BCUT2D eigenvalue weighted by Crippen LogP contribution is 2.13. The predicted molar refractivity (Wildman–Crippen MR) is 78.0 cm³/mol. The summed E-state index contributed by atoms with van der Waals surface area (Å²) in [5.74, 6) is 1.56. The molecular formula is C13H17N3O3S. The number of anilines is 2. The minimum atomic E-state index is -3.27. The van der Waals surface area contributed by atoms with Crippen LogP contribution in [0.25, 0.3) is 0 Å². The monoisotopic (exact) mass is 295 g/mol. The van der Waals surface area contributed by atoms with Gasteiger partial charge >= 0.3 is 0 Å². The molecule has 2 aromatic rings. The summed E-state index contributed by atoms with van der Waals surface area (Å²) < 4.78 is 30.9. The zero-order valence-electron chi connectivity index (χ0n) is 11.2. The number of aromatic nitrogens is 1. The number of furan rings is 1. The van der Waals surface area contributed by atoms with Crippen molar-refractivity contribution in [3.05, 3.63) is 42.5 Å². The molecule has 0 saturated heterocycles. The minimum absolute atomic E-state index is 0.103. The van der Waals surface area contributed by atoms with E-state index >= 15 is 0 Å². The molecular weight excluding hydrogens is 278 g/mol. The van der Waals surface area contributed by atoms with Gasteiger partial charge in [0.1, 0.15) is 11.6 Å². The van der Waals surface area contributed by atoms with Gasteiger partial charge < -0.3 is 9.73 Å². The molecule has 0 atom stereocenters. The first-order valence-corrected chi connectivity index (χ1v) is 7.97. The van der Waals surface area contributed by atoms with Crippen molar-refractivity contribution >= 4 is 21.5 Å². The lowest BCUT2D eigenvalue weighted by Gasteiger charge is -2.08. The summed E-state index contributed by atoms with van der Waals surface area (Å²) in [4.78, 5) is 4.14. The lowest BCUT2D eigenvalue weighted by atomic mass is 10.4. The molecule has 20 heavy (non-hydrogen) atoms. The molecule has 0 amide bonds. The molecule has 0 spiro atoms. The van der Waals surface area contributed by atoms with Crippen LogP contribution in [0.15, 0.2) is 41.1 Å². The Kier molecular flexibility index (Phi) is 4.62. The first kappa shape index (κ1) is 14.4. The average molecular weight is 295 g/mol. The Balaban J connectivity index is 1.92. The van der Waals surface area contributed by atoms with E-state index < -0.39 is 10.0 Å². The number of nitrogens with one attached hydrogen (secondary N) is 2. The van der Waals surface area contributed by atoms with Crippen LogP contribution < -0.4 is 10.0 Å². The van der Waals surface area contributed by atoms with Gasteiger partial charge in [0.05, 0.1) is 30.4 Å². The van der Waals surface area contributed by atoms with Gasteiger partial charge in [0.2, 0.25) is 10.0 Å². The number of sulfonamides is 1. The molecule has 0 unspecified atom stereocenters. The summed E-state index contributed by atoms with van der Waals surface area (Å²) in [6, 6.07) is 7.06. The lowest BCUT2D eigenvalue weighted by Crippen LogP contribution is -2.16. The molecule has 0 radical (unpaired) electrons. The van der Waals surface area contributed by atoms with Gasteiger partial charge in [-0.25, -0.2) is 13.4 Å². The molecule has 0 fully saturated rings. The molecule has 108 valence electrons. The van der Waals surface area contributed by atoms with Gasteiger partial charge in [-0.05, 0) is 30.7 Å². The van der Waals surface area contributed by atoms with Gasteiger partial charge in [0.25, 0.3) is 0 Å².